The highest BCUT2D eigenvalue weighted by molar-refractivity contribution is 5.82. The van der Waals surface area contributed by atoms with Crippen molar-refractivity contribution in [3.8, 4) is 0 Å². The second-order valence-electron chi connectivity index (χ2n) is 9.57. The number of benzene rings is 1. The maximum atomic E-state index is 13.3. The van der Waals surface area contributed by atoms with Crippen molar-refractivity contribution in [3.63, 3.8) is 0 Å². The van der Waals surface area contributed by atoms with Gasteiger partial charge in [-0.1, -0.05) is 30.3 Å². The zero-order valence-corrected chi connectivity index (χ0v) is 18.3. The molecule has 5 nitrogen and oxygen atoms in total. The Morgan fingerprint density at radius 2 is 1.84 bits per heavy atom. The highest BCUT2D eigenvalue weighted by atomic mass is 19.4. The molecule has 8 heteroatoms. The largest absolute Gasteiger partial charge is 0.471 e. The van der Waals surface area contributed by atoms with Gasteiger partial charge in [0.15, 0.2) is 0 Å². The van der Waals surface area contributed by atoms with E-state index in [0.717, 1.165) is 10.5 Å². The lowest BCUT2D eigenvalue weighted by Crippen LogP contribution is -2.45. The van der Waals surface area contributed by atoms with Gasteiger partial charge in [0.1, 0.15) is 5.60 Å². The molecule has 0 N–H and O–H groups in total. The van der Waals surface area contributed by atoms with Gasteiger partial charge in [-0.05, 0) is 51.6 Å². The fourth-order valence-electron chi connectivity index (χ4n) is 4.30. The SMILES string of the molecule is CC(C)(C)OC(=O)CCN1CCC(CN(C(=O)C(F)(F)F)C2CC2c2ccccc2)C1. The fraction of sp³-hybridized carbons (Fsp3) is 0.652. The molecule has 1 aromatic carbocycles. The van der Waals surface area contributed by atoms with E-state index in [1.54, 1.807) is 0 Å². The molecule has 1 aliphatic carbocycles. The van der Waals surface area contributed by atoms with Crippen molar-refractivity contribution < 1.29 is 27.5 Å². The number of amides is 1. The minimum Gasteiger partial charge on any atom is -0.460 e. The average Bonchev–Trinajstić information content (AvgIpc) is 3.34. The number of nitrogens with zero attached hydrogens (tertiary/aromatic N) is 2. The van der Waals surface area contributed by atoms with Crippen LogP contribution in [0.3, 0.4) is 0 Å². The molecule has 2 fully saturated rings. The van der Waals surface area contributed by atoms with Gasteiger partial charge in [-0.25, -0.2) is 0 Å². The molecule has 2 aliphatic rings. The normalized spacial score (nSPS) is 24.1. The summed E-state index contributed by atoms with van der Waals surface area (Å²) in [5.41, 5.74) is 0.431. The number of halogens is 3. The Bertz CT molecular complexity index is 777. The maximum absolute atomic E-state index is 13.3. The van der Waals surface area contributed by atoms with Crippen LogP contribution in [-0.4, -0.2) is 65.7 Å². The molecule has 1 saturated carbocycles. The van der Waals surface area contributed by atoms with Gasteiger partial charge in [-0.2, -0.15) is 13.2 Å². The van der Waals surface area contributed by atoms with Gasteiger partial charge in [0.2, 0.25) is 0 Å². The predicted octanol–water partition coefficient (Wildman–Crippen LogP) is 3.99. The number of ether oxygens (including phenoxy) is 1. The van der Waals surface area contributed by atoms with Crippen molar-refractivity contribution in [2.45, 2.75) is 63.8 Å². The van der Waals surface area contributed by atoms with Gasteiger partial charge in [0, 0.05) is 31.6 Å². The second kappa shape index (κ2) is 9.18. The summed E-state index contributed by atoms with van der Waals surface area (Å²) in [6.07, 6.45) is -3.37. The molecule has 1 aromatic rings. The first-order valence-electron chi connectivity index (χ1n) is 10.8. The minimum atomic E-state index is -4.88. The topological polar surface area (TPSA) is 49.9 Å². The van der Waals surface area contributed by atoms with Crippen LogP contribution in [0.25, 0.3) is 0 Å². The molecule has 172 valence electrons. The monoisotopic (exact) mass is 440 g/mol. The first-order chi connectivity index (χ1) is 14.4. The minimum absolute atomic E-state index is 0.0399. The lowest BCUT2D eigenvalue weighted by Gasteiger charge is -2.27. The van der Waals surface area contributed by atoms with Crippen LogP contribution in [0.4, 0.5) is 13.2 Å². The first kappa shape index (κ1) is 23.6. The van der Waals surface area contributed by atoms with E-state index in [1.165, 1.54) is 0 Å². The maximum Gasteiger partial charge on any atom is 0.471 e. The number of rotatable bonds is 7. The highest BCUT2D eigenvalue weighted by Gasteiger charge is 2.52. The lowest BCUT2D eigenvalue weighted by molar-refractivity contribution is -0.186. The van der Waals surface area contributed by atoms with E-state index in [2.05, 4.69) is 4.90 Å². The van der Waals surface area contributed by atoms with Crippen LogP contribution < -0.4 is 0 Å². The Hall–Kier alpha value is -2.09. The Morgan fingerprint density at radius 3 is 2.45 bits per heavy atom. The van der Waals surface area contributed by atoms with Gasteiger partial charge in [-0.15, -0.1) is 0 Å². The molecule has 3 unspecified atom stereocenters. The Morgan fingerprint density at radius 1 is 1.16 bits per heavy atom. The lowest BCUT2D eigenvalue weighted by atomic mass is 10.1. The summed E-state index contributed by atoms with van der Waals surface area (Å²) in [7, 11) is 0. The molecular formula is C23H31F3N2O3. The van der Waals surface area contributed by atoms with Crippen molar-refractivity contribution in [2.24, 2.45) is 5.92 Å². The smallest absolute Gasteiger partial charge is 0.460 e. The number of carbonyl (C=O) groups is 2. The molecule has 31 heavy (non-hydrogen) atoms. The Kier molecular flexibility index (Phi) is 6.98. The van der Waals surface area contributed by atoms with Crippen LogP contribution in [0.5, 0.6) is 0 Å². The van der Waals surface area contributed by atoms with Crippen molar-refractivity contribution in [1.82, 2.24) is 9.80 Å². The molecule has 1 aliphatic heterocycles. The zero-order valence-electron chi connectivity index (χ0n) is 18.3. The average molecular weight is 441 g/mol. The fourth-order valence-corrected chi connectivity index (χ4v) is 4.30. The second-order valence-corrected chi connectivity index (χ2v) is 9.57. The van der Waals surface area contributed by atoms with Crippen LogP contribution in [-0.2, 0) is 14.3 Å². The quantitative estimate of drug-likeness (QED) is 0.602. The molecule has 0 spiro atoms. The summed E-state index contributed by atoms with van der Waals surface area (Å²) in [4.78, 5) is 27.2. The van der Waals surface area contributed by atoms with Crippen LogP contribution in [0, 0.1) is 5.92 Å². The Labute approximate surface area is 181 Å². The van der Waals surface area contributed by atoms with E-state index in [9.17, 15) is 22.8 Å². The third kappa shape index (κ3) is 6.69. The molecule has 3 rings (SSSR count). The summed E-state index contributed by atoms with van der Waals surface area (Å²) < 4.78 is 45.1. The van der Waals surface area contributed by atoms with E-state index in [-0.39, 0.29) is 30.8 Å². The van der Waals surface area contributed by atoms with Crippen LogP contribution in [0.1, 0.15) is 51.5 Å². The molecule has 3 atom stereocenters. The number of likely N-dealkylation sites (tertiary alicyclic amines) is 1. The van der Waals surface area contributed by atoms with Crippen molar-refractivity contribution in [1.29, 1.82) is 0 Å². The first-order valence-corrected chi connectivity index (χ1v) is 10.8. The molecule has 1 saturated heterocycles. The van der Waals surface area contributed by atoms with Gasteiger partial charge >= 0.3 is 18.1 Å². The van der Waals surface area contributed by atoms with E-state index < -0.39 is 23.7 Å². The molecule has 1 heterocycles. The summed E-state index contributed by atoms with van der Waals surface area (Å²) in [5.74, 6) is -2.12. The van der Waals surface area contributed by atoms with Gasteiger partial charge in [0.25, 0.3) is 0 Å². The van der Waals surface area contributed by atoms with E-state index in [4.69, 9.17) is 4.74 Å². The summed E-state index contributed by atoms with van der Waals surface area (Å²) >= 11 is 0. The van der Waals surface area contributed by atoms with Gasteiger partial charge in [-0.3, -0.25) is 9.59 Å². The number of carbonyl (C=O) groups excluding carboxylic acids is 2. The third-order valence-electron chi connectivity index (χ3n) is 5.77. The molecule has 0 radical (unpaired) electrons. The van der Waals surface area contributed by atoms with E-state index in [1.807, 2.05) is 51.1 Å². The molecule has 1 amide bonds. The number of alkyl halides is 3. The number of esters is 1. The van der Waals surface area contributed by atoms with Crippen molar-refractivity contribution in [3.05, 3.63) is 35.9 Å². The molecular weight excluding hydrogens is 409 g/mol. The van der Waals surface area contributed by atoms with Crippen molar-refractivity contribution in [2.75, 3.05) is 26.2 Å². The molecule has 0 bridgehead atoms. The van der Waals surface area contributed by atoms with Gasteiger partial charge in [0.05, 0.1) is 6.42 Å². The van der Waals surface area contributed by atoms with E-state index >= 15 is 0 Å². The summed E-state index contributed by atoms with van der Waals surface area (Å²) in [5, 5.41) is 0. The number of hydrogen-bond acceptors (Lipinski definition) is 4. The van der Waals surface area contributed by atoms with E-state index in [0.29, 0.717) is 32.5 Å². The standard InChI is InChI=1S/C23H31F3N2O3/c1-22(2,3)31-20(29)10-12-27-11-9-16(14-27)15-28(21(30)23(24,25)26)19-13-18(19)17-7-5-4-6-8-17/h4-8,16,18-19H,9-15H2,1-3H3. The van der Waals surface area contributed by atoms with Gasteiger partial charge < -0.3 is 14.5 Å². The zero-order chi connectivity index (χ0) is 22.8. The highest BCUT2D eigenvalue weighted by Crippen LogP contribution is 2.46. The molecule has 0 aromatic heterocycles. The van der Waals surface area contributed by atoms with Crippen LogP contribution in [0.15, 0.2) is 30.3 Å². The summed E-state index contributed by atoms with van der Waals surface area (Å²) in [6.45, 7) is 7.31. The Balaban J connectivity index is 1.56. The van der Waals surface area contributed by atoms with Crippen LogP contribution >= 0.6 is 0 Å². The third-order valence-corrected chi connectivity index (χ3v) is 5.77. The summed E-state index contributed by atoms with van der Waals surface area (Å²) in [6, 6.07) is 8.97. The van der Waals surface area contributed by atoms with Crippen molar-refractivity contribution >= 4 is 11.9 Å². The van der Waals surface area contributed by atoms with Crippen LogP contribution in [0.2, 0.25) is 0 Å². The predicted molar refractivity (Wildman–Crippen MR) is 110 cm³/mol. The number of hydrogen-bond donors (Lipinski definition) is 0.